The molecule has 1 aliphatic rings. The van der Waals surface area contributed by atoms with Crippen molar-refractivity contribution in [2.45, 2.75) is 20.8 Å². The zero-order chi connectivity index (χ0) is 15.7. The summed E-state index contributed by atoms with van der Waals surface area (Å²) in [5, 5.41) is 3.21. The van der Waals surface area contributed by atoms with Crippen molar-refractivity contribution in [2.24, 2.45) is 0 Å². The van der Waals surface area contributed by atoms with Gasteiger partial charge in [-0.3, -0.25) is 9.59 Å². The third kappa shape index (κ3) is 6.29. The van der Waals surface area contributed by atoms with Crippen LogP contribution in [0.4, 0.5) is 5.69 Å². The highest BCUT2D eigenvalue weighted by Crippen LogP contribution is 2.03. The molecular formula is C16H25N3O2. The van der Waals surface area contributed by atoms with Crippen LogP contribution in [0.1, 0.15) is 20.8 Å². The highest BCUT2D eigenvalue weighted by molar-refractivity contribution is 5.75. The van der Waals surface area contributed by atoms with Crippen LogP contribution in [0.15, 0.2) is 30.3 Å². The van der Waals surface area contributed by atoms with Crippen molar-refractivity contribution in [2.75, 3.05) is 38.0 Å². The SMILES string of the molecule is CC(=O)N1CCN(C(C)=O)CC1.CCNc1ccccc1. The Hall–Kier alpha value is -2.04. The van der Waals surface area contributed by atoms with Gasteiger partial charge in [0.2, 0.25) is 11.8 Å². The molecule has 0 atom stereocenters. The monoisotopic (exact) mass is 291 g/mol. The van der Waals surface area contributed by atoms with Gasteiger partial charge in [0.25, 0.3) is 0 Å². The maximum absolute atomic E-state index is 10.9. The molecule has 2 rings (SSSR count). The van der Waals surface area contributed by atoms with Crippen LogP contribution in [0.2, 0.25) is 0 Å². The third-order valence-corrected chi connectivity index (χ3v) is 3.33. The Morgan fingerprint density at radius 3 is 1.71 bits per heavy atom. The van der Waals surface area contributed by atoms with E-state index in [1.807, 2.05) is 18.2 Å². The number of hydrogen-bond acceptors (Lipinski definition) is 3. The molecule has 1 heterocycles. The second-order valence-corrected chi connectivity index (χ2v) is 4.91. The standard InChI is InChI=1S/C8H14N2O2.C8H11N/c1-7(11)9-3-5-10(6-4-9)8(2)12;1-2-9-8-6-4-3-5-7-8/h3-6H2,1-2H3;3-7,9H,2H2,1H3. The highest BCUT2D eigenvalue weighted by Gasteiger charge is 2.19. The number of rotatable bonds is 2. The Balaban J connectivity index is 0.000000219. The summed E-state index contributed by atoms with van der Waals surface area (Å²) in [7, 11) is 0. The lowest BCUT2D eigenvalue weighted by Gasteiger charge is -2.33. The first kappa shape index (κ1) is 17.0. The summed E-state index contributed by atoms with van der Waals surface area (Å²) >= 11 is 0. The molecule has 0 aliphatic carbocycles. The van der Waals surface area contributed by atoms with Gasteiger partial charge in [-0.1, -0.05) is 18.2 Å². The Kier molecular flexibility index (Phi) is 7.29. The fourth-order valence-corrected chi connectivity index (χ4v) is 2.10. The van der Waals surface area contributed by atoms with Crippen molar-refractivity contribution in [1.82, 2.24) is 9.80 Å². The largest absolute Gasteiger partial charge is 0.385 e. The minimum Gasteiger partial charge on any atom is -0.385 e. The van der Waals surface area contributed by atoms with Gasteiger partial charge in [0.1, 0.15) is 0 Å². The quantitative estimate of drug-likeness (QED) is 0.904. The van der Waals surface area contributed by atoms with Gasteiger partial charge < -0.3 is 15.1 Å². The first-order valence-electron chi connectivity index (χ1n) is 7.34. The first-order valence-corrected chi connectivity index (χ1v) is 7.34. The molecule has 116 valence electrons. The number of hydrogen-bond donors (Lipinski definition) is 1. The summed E-state index contributed by atoms with van der Waals surface area (Å²) in [6.45, 7) is 8.90. The van der Waals surface area contributed by atoms with Crippen LogP contribution in [-0.2, 0) is 9.59 Å². The van der Waals surface area contributed by atoms with Gasteiger partial charge in [0.15, 0.2) is 0 Å². The fraction of sp³-hybridized carbons (Fsp3) is 0.500. The van der Waals surface area contributed by atoms with E-state index in [0.29, 0.717) is 26.2 Å². The molecule has 0 saturated carbocycles. The normalized spacial score (nSPS) is 14.0. The topological polar surface area (TPSA) is 52.7 Å². The van der Waals surface area contributed by atoms with Crippen LogP contribution in [0.3, 0.4) is 0 Å². The van der Waals surface area contributed by atoms with Gasteiger partial charge >= 0.3 is 0 Å². The van der Waals surface area contributed by atoms with Crippen LogP contribution in [0.5, 0.6) is 0 Å². The van der Waals surface area contributed by atoms with Gasteiger partial charge in [0, 0.05) is 52.3 Å². The van der Waals surface area contributed by atoms with E-state index in [2.05, 4.69) is 24.4 Å². The zero-order valence-electron chi connectivity index (χ0n) is 13.1. The Labute approximate surface area is 126 Å². The van der Waals surface area contributed by atoms with Gasteiger partial charge in [-0.15, -0.1) is 0 Å². The van der Waals surface area contributed by atoms with Gasteiger partial charge in [-0.05, 0) is 19.1 Å². The van der Waals surface area contributed by atoms with E-state index in [4.69, 9.17) is 0 Å². The number of nitrogens with zero attached hydrogens (tertiary/aromatic N) is 2. The molecule has 0 radical (unpaired) electrons. The van der Waals surface area contributed by atoms with Crippen LogP contribution in [0, 0.1) is 0 Å². The van der Waals surface area contributed by atoms with E-state index in [1.165, 1.54) is 5.69 Å². The van der Waals surface area contributed by atoms with E-state index < -0.39 is 0 Å². The molecule has 5 nitrogen and oxygen atoms in total. The summed E-state index contributed by atoms with van der Waals surface area (Å²) in [4.78, 5) is 25.3. The van der Waals surface area contributed by atoms with Crippen LogP contribution < -0.4 is 5.32 Å². The van der Waals surface area contributed by atoms with Crippen LogP contribution in [0.25, 0.3) is 0 Å². The van der Waals surface area contributed by atoms with Crippen LogP contribution >= 0.6 is 0 Å². The number of amides is 2. The number of nitrogens with one attached hydrogen (secondary N) is 1. The smallest absolute Gasteiger partial charge is 0.219 e. The third-order valence-electron chi connectivity index (χ3n) is 3.33. The zero-order valence-corrected chi connectivity index (χ0v) is 13.1. The van der Waals surface area contributed by atoms with E-state index in [1.54, 1.807) is 23.6 Å². The number of piperazine rings is 1. The summed E-state index contributed by atoms with van der Waals surface area (Å²) in [5.41, 5.74) is 1.19. The first-order chi connectivity index (χ1) is 10.0. The fourth-order valence-electron chi connectivity index (χ4n) is 2.10. The number of carbonyl (C=O) groups excluding carboxylic acids is 2. The average molecular weight is 291 g/mol. The summed E-state index contributed by atoms with van der Waals surface area (Å²) in [6.07, 6.45) is 0. The number of para-hydroxylation sites is 1. The van der Waals surface area contributed by atoms with Crippen molar-refractivity contribution in [3.8, 4) is 0 Å². The molecule has 21 heavy (non-hydrogen) atoms. The number of benzene rings is 1. The minimum absolute atomic E-state index is 0.0956. The molecule has 0 unspecified atom stereocenters. The van der Waals surface area contributed by atoms with Gasteiger partial charge in [-0.25, -0.2) is 0 Å². The molecule has 2 amide bonds. The van der Waals surface area contributed by atoms with Crippen molar-refractivity contribution in [1.29, 1.82) is 0 Å². The predicted octanol–water partition coefficient (Wildman–Crippen LogP) is 1.82. The molecule has 1 N–H and O–H groups in total. The summed E-state index contributed by atoms with van der Waals surface area (Å²) in [6, 6.07) is 10.2. The minimum atomic E-state index is 0.0956. The average Bonchev–Trinajstić information content (AvgIpc) is 2.49. The molecule has 1 aromatic carbocycles. The summed E-state index contributed by atoms with van der Waals surface area (Å²) in [5.74, 6) is 0.191. The maximum Gasteiger partial charge on any atom is 0.219 e. The Morgan fingerprint density at radius 1 is 0.952 bits per heavy atom. The molecule has 1 saturated heterocycles. The molecule has 1 aliphatic heterocycles. The highest BCUT2D eigenvalue weighted by atomic mass is 16.2. The lowest BCUT2D eigenvalue weighted by Crippen LogP contribution is -2.49. The lowest BCUT2D eigenvalue weighted by molar-refractivity contribution is -0.137. The molecule has 0 aromatic heterocycles. The Morgan fingerprint density at radius 2 is 1.38 bits per heavy atom. The number of carbonyl (C=O) groups is 2. The van der Waals surface area contributed by atoms with Crippen molar-refractivity contribution < 1.29 is 9.59 Å². The second-order valence-electron chi connectivity index (χ2n) is 4.91. The van der Waals surface area contributed by atoms with Crippen LogP contribution in [-0.4, -0.2) is 54.3 Å². The van der Waals surface area contributed by atoms with Crippen molar-refractivity contribution >= 4 is 17.5 Å². The molecule has 1 fully saturated rings. The van der Waals surface area contributed by atoms with E-state index >= 15 is 0 Å². The van der Waals surface area contributed by atoms with Gasteiger partial charge in [-0.2, -0.15) is 0 Å². The molecular weight excluding hydrogens is 266 g/mol. The molecule has 5 heteroatoms. The van der Waals surface area contributed by atoms with E-state index in [9.17, 15) is 9.59 Å². The molecule has 0 bridgehead atoms. The summed E-state index contributed by atoms with van der Waals surface area (Å²) < 4.78 is 0. The maximum atomic E-state index is 10.9. The number of anilines is 1. The second kappa shape index (κ2) is 9.00. The van der Waals surface area contributed by atoms with Crippen molar-refractivity contribution in [3.05, 3.63) is 30.3 Å². The van der Waals surface area contributed by atoms with Gasteiger partial charge in [0.05, 0.1) is 0 Å². The molecule has 0 spiro atoms. The Bertz CT molecular complexity index is 418. The lowest BCUT2D eigenvalue weighted by atomic mass is 10.3. The predicted molar refractivity (Wildman–Crippen MR) is 85.1 cm³/mol. The van der Waals surface area contributed by atoms with E-state index in [-0.39, 0.29) is 11.8 Å². The molecule has 1 aromatic rings. The van der Waals surface area contributed by atoms with E-state index in [0.717, 1.165) is 6.54 Å². The van der Waals surface area contributed by atoms with Crippen molar-refractivity contribution in [3.63, 3.8) is 0 Å².